The molecule has 0 aliphatic rings. The average molecular weight is 167 g/mol. The summed E-state index contributed by atoms with van der Waals surface area (Å²) in [6.07, 6.45) is 2.71. The summed E-state index contributed by atoms with van der Waals surface area (Å²) < 4.78 is 19.2. The molecule has 2 aromatic heterocycles. The van der Waals surface area contributed by atoms with Crippen molar-refractivity contribution in [2.45, 2.75) is 0 Å². The molecule has 2 heterocycles. The quantitative estimate of drug-likeness (QED) is 0.632. The first-order valence-corrected chi connectivity index (χ1v) is 3.34. The first kappa shape index (κ1) is 7.02. The van der Waals surface area contributed by atoms with Crippen molar-refractivity contribution in [3.8, 4) is 5.75 Å². The molecule has 0 fully saturated rings. The molecule has 0 saturated carbocycles. The maximum atomic E-state index is 12.8. The largest absolute Gasteiger partial charge is 0.493 e. The van der Waals surface area contributed by atoms with Gasteiger partial charge in [0.15, 0.2) is 5.75 Å². The van der Waals surface area contributed by atoms with E-state index in [1.54, 1.807) is 0 Å². The summed E-state index contributed by atoms with van der Waals surface area (Å²) in [5.74, 6) is 0.00616. The van der Waals surface area contributed by atoms with Crippen LogP contribution in [0.1, 0.15) is 0 Å². The molecule has 0 bridgehead atoms. The zero-order valence-electron chi connectivity index (χ0n) is 6.36. The van der Waals surface area contributed by atoms with Crippen molar-refractivity contribution in [3.05, 3.63) is 24.4 Å². The Kier molecular flexibility index (Phi) is 1.43. The number of aromatic nitrogens is 3. The lowest BCUT2D eigenvalue weighted by molar-refractivity contribution is 0.412. The van der Waals surface area contributed by atoms with Crippen LogP contribution in [0, 0.1) is 5.82 Å². The van der Waals surface area contributed by atoms with E-state index in [1.165, 1.54) is 30.1 Å². The van der Waals surface area contributed by atoms with Gasteiger partial charge >= 0.3 is 0 Å². The second kappa shape index (κ2) is 2.44. The lowest BCUT2D eigenvalue weighted by atomic mass is 10.4. The van der Waals surface area contributed by atoms with Crippen molar-refractivity contribution in [2.75, 3.05) is 7.11 Å². The van der Waals surface area contributed by atoms with Gasteiger partial charge in [-0.3, -0.25) is 4.40 Å². The van der Waals surface area contributed by atoms with Gasteiger partial charge in [0.1, 0.15) is 12.1 Å². The summed E-state index contributed by atoms with van der Waals surface area (Å²) in [4.78, 5) is 0. The summed E-state index contributed by atoms with van der Waals surface area (Å²) in [5, 5.41) is 7.37. The van der Waals surface area contributed by atoms with E-state index in [9.17, 15) is 4.39 Å². The Morgan fingerprint density at radius 3 is 3.17 bits per heavy atom. The highest BCUT2D eigenvalue weighted by Gasteiger charge is 2.05. The average Bonchev–Trinajstić information content (AvgIpc) is 2.50. The molecule has 0 radical (unpaired) electrons. The highest BCUT2D eigenvalue weighted by molar-refractivity contribution is 5.52. The van der Waals surface area contributed by atoms with E-state index in [4.69, 9.17) is 4.74 Å². The predicted molar refractivity (Wildman–Crippen MR) is 39.5 cm³/mol. The van der Waals surface area contributed by atoms with Gasteiger partial charge in [0, 0.05) is 12.3 Å². The summed E-state index contributed by atoms with van der Waals surface area (Å²) in [6, 6.07) is 1.27. The summed E-state index contributed by atoms with van der Waals surface area (Å²) in [7, 11) is 1.46. The summed E-state index contributed by atoms with van der Waals surface area (Å²) in [5.41, 5.74) is 0.513. The predicted octanol–water partition coefficient (Wildman–Crippen LogP) is 0.877. The van der Waals surface area contributed by atoms with Crippen LogP contribution in [-0.4, -0.2) is 21.7 Å². The maximum Gasteiger partial charge on any atom is 0.203 e. The molecule has 2 rings (SSSR count). The lowest BCUT2D eigenvalue weighted by Crippen LogP contribution is -1.91. The third-order valence-electron chi connectivity index (χ3n) is 1.54. The normalized spacial score (nSPS) is 10.5. The molecule has 2 aromatic rings. The Labute approximate surface area is 67.6 Å². The molecule has 0 spiro atoms. The Bertz CT molecular complexity index is 412. The van der Waals surface area contributed by atoms with E-state index in [0.717, 1.165) is 0 Å². The number of fused-ring (bicyclic) bond motifs is 1. The molecule has 0 unspecified atom stereocenters. The fourth-order valence-corrected chi connectivity index (χ4v) is 1.02. The fraction of sp³-hybridized carbons (Fsp3) is 0.143. The number of nitrogens with zero attached hydrogens (tertiary/aromatic N) is 3. The Hall–Kier alpha value is -1.65. The highest BCUT2D eigenvalue weighted by atomic mass is 19.1. The van der Waals surface area contributed by atoms with E-state index in [-0.39, 0.29) is 5.82 Å². The summed E-state index contributed by atoms with van der Waals surface area (Å²) >= 11 is 0. The maximum absolute atomic E-state index is 12.8. The standard InChI is InChI=1S/C7H6FN3O/c1-12-6-2-5(8)3-11-4-9-10-7(6)11/h2-4H,1H3. The van der Waals surface area contributed by atoms with Crippen LogP contribution in [0.5, 0.6) is 5.75 Å². The minimum atomic E-state index is -0.376. The highest BCUT2D eigenvalue weighted by Crippen LogP contribution is 2.17. The SMILES string of the molecule is COc1cc(F)cn2cnnc12. The van der Waals surface area contributed by atoms with Gasteiger partial charge in [-0.1, -0.05) is 0 Å². The van der Waals surface area contributed by atoms with Crippen LogP contribution in [0.15, 0.2) is 18.6 Å². The zero-order chi connectivity index (χ0) is 8.55. The molecule has 0 amide bonds. The third-order valence-corrected chi connectivity index (χ3v) is 1.54. The molecular weight excluding hydrogens is 161 g/mol. The number of hydrogen-bond donors (Lipinski definition) is 0. The molecule has 12 heavy (non-hydrogen) atoms. The van der Waals surface area contributed by atoms with Crippen molar-refractivity contribution >= 4 is 5.65 Å². The van der Waals surface area contributed by atoms with Crippen molar-refractivity contribution in [3.63, 3.8) is 0 Å². The van der Waals surface area contributed by atoms with Crippen molar-refractivity contribution in [1.29, 1.82) is 0 Å². The van der Waals surface area contributed by atoms with Crippen LogP contribution < -0.4 is 4.74 Å². The van der Waals surface area contributed by atoms with E-state index in [1.807, 2.05) is 0 Å². The van der Waals surface area contributed by atoms with E-state index < -0.39 is 0 Å². The molecule has 0 saturated heterocycles. The van der Waals surface area contributed by atoms with Gasteiger partial charge in [0.05, 0.1) is 7.11 Å². The molecule has 0 atom stereocenters. The van der Waals surface area contributed by atoms with Crippen molar-refractivity contribution < 1.29 is 9.13 Å². The van der Waals surface area contributed by atoms with E-state index in [2.05, 4.69) is 10.2 Å². The lowest BCUT2D eigenvalue weighted by Gasteiger charge is -2.00. The van der Waals surface area contributed by atoms with Crippen LogP contribution in [0.2, 0.25) is 0 Å². The second-order valence-corrected chi connectivity index (χ2v) is 2.29. The topological polar surface area (TPSA) is 39.4 Å². The number of rotatable bonds is 1. The fourth-order valence-electron chi connectivity index (χ4n) is 1.02. The first-order chi connectivity index (χ1) is 5.81. The van der Waals surface area contributed by atoms with Crippen molar-refractivity contribution in [2.24, 2.45) is 0 Å². The minimum Gasteiger partial charge on any atom is -0.493 e. The number of ether oxygens (including phenoxy) is 1. The Morgan fingerprint density at radius 1 is 1.58 bits per heavy atom. The Balaban J connectivity index is 2.80. The first-order valence-electron chi connectivity index (χ1n) is 3.34. The van der Waals surface area contributed by atoms with Crippen LogP contribution in [0.3, 0.4) is 0 Å². The van der Waals surface area contributed by atoms with Gasteiger partial charge in [-0.05, 0) is 0 Å². The minimum absolute atomic E-state index is 0.376. The van der Waals surface area contributed by atoms with Crippen LogP contribution in [0.4, 0.5) is 4.39 Å². The molecular formula is C7H6FN3O. The molecule has 0 N–H and O–H groups in total. The number of methoxy groups -OCH3 is 1. The third kappa shape index (κ3) is 0.903. The van der Waals surface area contributed by atoms with Crippen LogP contribution in [0.25, 0.3) is 5.65 Å². The van der Waals surface area contributed by atoms with Gasteiger partial charge in [-0.15, -0.1) is 10.2 Å². The smallest absolute Gasteiger partial charge is 0.203 e. The molecule has 0 aromatic carbocycles. The van der Waals surface area contributed by atoms with Gasteiger partial charge in [-0.25, -0.2) is 4.39 Å². The number of pyridine rings is 1. The van der Waals surface area contributed by atoms with Crippen LogP contribution in [-0.2, 0) is 0 Å². The molecule has 5 heteroatoms. The zero-order valence-corrected chi connectivity index (χ0v) is 6.36. The molecule has 0 aliphatic carbocycles. The van der Waals surface area contributed by atoms with Crippen LogP contribution >= 0.6 is 0 Å². The van der Waals surface area contributed by atoms with Gasteiger partial charge in [0.25, 0.3) is 0 Å². The molecule has 62 valence electrons. The Morgan fingerprint density at radius 2 is 2.42 bits per heavy atom. The molecule has 0 aliphatic heterocycles. The van der Waals surface area contributed by atoms with Gasteiger partial charge in [-0.2, -0.15) is 0 Å². The second-order valence-electron chi connectivity index (χ2n) is 2.29. The monoisotopic (exact) mass is 167 g/mol. The number of hydrogen-bond acceptors (Lipinski definition) is 3. The van der Waals surface area contributed by atoms with E-state index in [0.29, 0.717) is 11.4 Å². The summed E-state index contributed by atoms with van der Waals surface area (Å²) in [6.45, 7) is 0. The molecule has 4 nitrogen and oxygen atoms in total. The number of halogens is 1. The van der Waals surface area contributed by atoms with E-state index >= 15 is 0 Å². The van der Waals surface area contributed by atoms with Gasteiger partial charge in [0.2, 0.25) is 5.65 Å². The van der Waals surface area contributed by atoms with Gasteiger partial charge < -0.3 is 4.74 Å². The van der Waals surface area contributed by atoms with Crippen molar-refractivity contribution in [1.82, 2.24) is 14.6 Å².